The van der Waals surface area contributed by atoms with Gasteiger partial charge in [-0.2, -0.15) is 0 Å². The molecule has 0 radical (unpaired) electrons. The number of para-hydroxylation sites is 3. The lowest BCUT2D eigenvalue weighted by Crippen LogP contribution is -2.22. The van der Waals surface area contributed by atoms with Gasteiger partial charge in [0.15, 0.2) is 0 Å². The van der Waals surface area contributed by atoms with Gasteiger partial charge in [0.2, 0.25) is 11.9 Å². The van der Waals surface area contributed by atoms with E-state index >= 15 is 0 Å². The molecule has 3 aromatic rings. The highest BCUT2D eigenvalue weighted by atomic mass is 32.2. The highest BCUT2D eigenvalue weighted by molar-refractivity contribution is 7.98. The first kappa shape index (κ1) is 18.3. The number of carbonyl (C=O) groups is 1. The van der Waals surface area contributed by atoms with E-state index in [0.29, 0.717) is 12.5 Å². The zero-order chi connectivity index (χ0) is 18.5. The lowest BCUT2D eigenvalue weighted by atomic mass is 10.3. The molecule has 0 aliphatic carbocycles. The Morgan fingerprint density at radius 3 is 2.73 bits per heavy atom. The van der Waals surface area contributed by atoms with Crippen LogP contribution in [0.4, 0.5) is 11.6 Å². The normalized spacial score (nSPS) is 12.1. The molecule has 7 heteroatoms. The van der Waals surface area contributed by atoms with Crippen LogP contribution in [0.5, 0.6) is 0 Å². The van der Waals surface area contributed by atoms with Crippen LogP contribution in [0, 0.1) is 0 Å². The third-order valence-corrected chi connectivity index (χ3v) is 4.69. The molecule has 0 aliphatic heterocycles. The topological polar surface area (TPSA) is 79.2 Å². The minimum atomic E-state index is -0.509. The van der Waals surface area contributed by atoms with Crippen LogP contribution in [0.1, 0.15) is 6.92 Å². The fourth-order valence-electron chi connectivity index (χ4n) is 2.69. The first-order chi connectivity index (χ1) is 12.6. The largest absolute Gasteiger partial charge is 0.392 e. The average Bonchev–Trinajstić information content (AvgIpc) is 2.98. The number of aliphatic hydroxyl groups excluding tert-OH is 1. The van der Waals surface area contributed by atoms with E-state index in [9.17, 15) is 9.90 Å². The van der Waals surface area contributed by atoms with Crippen molar-refractivity contribution < 1.29 is 9.90 Å². The molecule has 0 spiro atoms. The first-order valence-electron chi connectivity index (χ1n) is 8.38. The number of hydrogen-bond donors (Lipinski definition) is 3. The quantitative estimate of drug-likeness (QED) is 0.557. The summed E-state index contributed by atoms with van der Waals surface area (Å²) in [6.07, 6.45) is 1.47. The highest BCUT2D eigenvalue weighted by Crippen LogP contribution is 2.25. The van der Waals surface area contributed by atoms with Crippen LogP contribution < -0.4 is 10.6 Å². The van der Waals surface area contributed by atoms with Crippen molar-refractivity contribution in [3.63, 3.8) is 0 Å². The predicted octanol–water partition coefficient (Wildman–Crippen LogP) is 3.19. The molecule has 1 amide bonds. The molecule has 0 aliphatic rings. The Morgan fingerprint density at radius 1 is 1.23 bits per heavy atom. The molecule has 0 fully saturated rings. The summed E-state index contributed by atoms with van der Waals surface area (Å²) >= 11 is 1.59. The number of benzene rings is 2. The zero-order valence-electron chi connectivity index (χ0n) is 14.8. The number of anilines is 2. The first-order valence-corrected chi connectivity index (χ1v) is 9.61. The van der Waals surface area contributed by atoms with Crippen molar-refractivity contribution in [2.24, 2.45) is 0 Å². The Bertz CT molecular complexity index is 907. The van der Waals surface area contributed by atoms with Gasteiger partial charge in [0.25, 0.3) is 0 Å². The molecule has 0 saturated carbocycles. The third-order valence-electron chi connectivity index (χ3n) is 3.89. The molecule has 0 bridgehead atoms. The van der Waals surface area contributed by atoms with Crippen molar-refractivity contribution in [3.8, 4) is 0 Å². The zero-order valence-corrected chi connectivity index (χ0v) is 15.6. The van der Waals surface area contributed by atoms with Crippen LogP contribution in [0.2, 0.25) is 0 Å². The Kier molecular flexibility index (Phi) is 5.80. The molecule has 3 N–H and O–H groups in total. The summed E-state index contributed by atoms with van der Waals surface area (Å²) in [6.45, 7) is 2.19. The standard InChI is InChI=1S/C19H22N4O2S/c1-13(24)11-20-19-22-14-7-3-5-9-16(14)23(19)12-18(25)21-15-8-4-6-10-17(15)26-2/h3-10,13,24H,11-12H2,1-2H3,(H,20,22)(H,21,25)/t13-/m0/s1. The fourth-order valence-corrected chi connectivity index (χ4v) is 3.24. The predicted molar refractivity (Wildman–Crippen MR) is 107 cm³/mol. The maximum Gasteiger partial charge on any atom is 0.244 e. The molecular weight excluding hydrogens is 348 g/mol. The number of rotatable bonds is 7. The van der Waals surface area contributed by atoms with E-state index in [0.717, 1.165) is 21.6 Å². The molecule has 6 nitrogen and oxygen atoms in total. The summed E-state index contributed by atoms with van der Waals surface area (Å²) in [5.41, 5.74) is 2.47. The van der Waals surface area contributed by atoms with Gasteiger partial charge in [0, 0.05) is 11.4 Å². The minimum absolute atomic E-state index is 0.130. The second-order valence-corrected chi connectivity index (χ2v) is 6.84. The molecule has 26 heavy (non-hydrogen) atoms. The van der Waals surface area contributed by atoms with E-state index in [1.165, 1.54) is 0 Å². The van der Waals surface area contributed by atoms with Crippen molar-refractivity contribution >= 4 is 40.3 Å². The van der Waals surface area contributed by atoms with Gasteiger partial charge in [-0.05, 0) is 37.4 Å². The van der Waals surface area contributed by atoms with Crippen molar-refractivity contribution in [3.05, 3.63) is 48.5 Å². The number of nitrogens with one attached hydrogen (secondary N) is 2. The number of hydrogen-bond acceptors (Lipinski definition) is 5. The lowest BCUT2D eigenvalue weighted by molar-refractivity contribution is -0.116. The number of aromatic nitrogens is 2. The number of imidazole rings is 1. The highest BCUT2D eigenvalue weighted by Gasteiger charge is 2.14. The summed E-state index contributed by atoms with van der Waals surface area (Å²) < 4.78 is 1.83. The summed E-state index contributed by atoms with van der Waals surface area (Å²) in [4.78, 5) is 18.2. The molecule has 3 rings (SSSR count). The molecule has 1 atom stereocenters. The minimum Gasteiger partial charge on any atom is -0.392 e. The van der Waals surface area contributed by atoms with Crippen molar-refractivity contribution in [1.29, 1.82) is 0 Å². The monoisotopic (exact) mass is 370 g/mol. The molecule has 136 valence electrons. The van der Waals surface area contributed by atoms with Gasteiger partial charge >= 0.3 is 0 Å². The second kappa shape index (κ2) is 8.25. The number of aliphatic hydroxyl groups is 1. The van der Waals surface area contributed by atoms with Gasteiger partial charge in [-0.1, -0.05) is 24.3 Å². The number of thioether (sulfide) groups is 1. The number of nitrogens with zero attached hydrogens (tertiary/aromatic N) is 2. The van der Waals surface area contributed by atoms with Crippen molar-refractivity contribution in [1.82, 2.24) is 9.55 Å². The van der Waals surface area contributed by atoms with Gasteiger partial charge in [0.05, 0.1) is 22.8 Å². The Labute approximate surface area is 156 Å². The summed E-state index contributed by atoms with van der Waals surface area (Å²) in [6, 6.07) is 15.4. The van der Waals surface area contributed by atoms with E-state index in [-0.39, 0.29) is 12.5 Å². The number of fused-ring (bicyclic) bond motifs is 1. The van der Waals surface area contributed by atoms with E-state index in [4.69, 9.17) is 0 Å². The summed E-state index contributed by atoms with van der Waals surface area (Å²) in [7, 11) is 0. The van der Waals surface area contributed by atoms with E-state index < -0.39 is 6.10 Å². The van der Waals surface area contributed by atoms with Crippen LogP contribution in [0.25, 0.3) is 11.0 Å². The average molecular weight is 370 g/mol. The van der Waals surface area contributed by atoms with Crippen molar-refractivity contribution in [2.75, 3.05) is 23.4 Å². The van der Waals surface area contributed by atoms with E-state index in [1.807, 2.05) is 59.4 Å². The summed E-state index contributed by atoms with van der Waals surface area (Å²) in [5.74, 6) is 0.440. The molecular formula is C19H22N4O2S. The number of carbonyl (C=O) groups excluding carboxylic acids is 1. The van der Waals surface area contributed by atoms with E-state index in [2.05, 4.69) is 15.6 Å². The third kappa shape index (κ3) is 4.17. The molecule has 0 saturated heterocycles. The Balaban J connectivity index is 1.84. The van der Waals surface area contributed by atoms with Gasteiger partial charge in [-0.3, -0.25) is 4.79 Å². The van der Waals surface area contributed by atoms with Crippen molar-refractivity contribution in [2.45, 2.75) is 24.5 Å². The van der Waals surface area contributed by atoms with Crippen LogP contribution in [-0.2, 0) is 11.3 Å². The van der Waals surface area contributed by atoms with Crippen LogP contribution in [0.15, 0.2) is 53.4 Å². The maximum absolute atomic E-state index is 12.6. The van der Waals surface area contributed by atoms with Gasteiger partial charge in [-0.25, -0.2) is 4.98 Å². The molecule has 1 heterocycles. The van der Waals surface area contributed by atoms with Crippen LogP contribution in [0.3, 0.4) is 0 Å². The fraction of sp³-hybridized carbons (Fsp3) is 0.263. The maximum atomic E-state index is 12.6. The molecule has 1 aromatic heterocycles. The van der Waals surface area contributed by atoms with Gasteiger partial charge < -0.3 is 20.3 Å². The van der Waals surface area contributed by atoms with Crippen LogP contribution in [-0.4, -0.2) is 39.5 Å². The van der Waals surface area contributed by atoms with Gasteiger partial charge in [0.1, 0.15) is 6.54 Å². The second-order valence-electron chi connectivity index (χ2n) is 5.99. The van der Waals surface area contributed by atoms with Crippen LogP contribution >= 0.6 is 11.8 Å². The lowest BCUT2D eigenvalue weighted by Gasteiger charge is -2.13. The molecule has 0 unspecified atom stereocenters. The SMILES string of the molecule is CSc1ccccc1NC(=O)Cn1c(NC[C@H](C)O)nc2ccccc21. The van der Waals surface area contributed by atoms with E-state index in [1.54, 1.807) is 18.7 Å². The van der Waals surface area contributed by atoms with Gasteiger partial charge in [-0.15, -0.1) is 11.8 Å². The Morgan fingerprint density at radius 2 is 1.96 bits per heavy atom. The summed E-state index contributed by atoms with van der Waals surface area (Å²) in [5, 5.41) is 15.6. The molecule has 2 aromatic carbocycles. The number of amides is 1. The Hall–Kier alpha value is -2.51. The smallest absolute Gasteiger partial charge is 0.244 e.